The molecule has 0 saturated heterocycles. The lowest BCUT2D eigenvalue weighted by molar-refractivity contribution is 0.0953. The highest BCUT2D eigenvalue weighted by Gasteiger charge is 2.05. The Morgan fingerprint density at radius 2 is 1.70 bits per heavy atom. The number of rotatable bonds is 8. The van der Waals surface area contributed by atoms with Gasteiger partial charge in [0.15, 0.2) is 5.96 Å². The summed E-state index contributed by atoms with van der Waals surface area (Å²) < 4.78 is 13.7. The third-order valence-corrected chi connectivity index (χ3v) is 4.12. The number of benzene rings is 2. The molecule has 27 heavy (non-hydrogen) atoms. The molecule has 0 atom stereocenters. The van der Waals surface area contributed by atoms with Crippen LogP contribution in [-0.2, 0) is 13.1 Å². The van der Waals surface area contributed by atoms with Crippen LogP contribution in [0.3, 0.4) is 0 Å². The van der Waals surface area contributed by atoms with Crippen LogP contribution in [0, 0.1) is 5.82 Å². The Kier molecular flexibility index (Phi) is 8.29. The minimum atomic E-state index is -0.242. The highest BCUT2D eigenvalue weighted by molar-refractivity contribution is 5.94. The van der Waals surface area contributed by atoms with Crippen molar-refractivity contribution in [3.8, 4) is 0 Å². The van der Waals surface area contributed by atoms with E-state index >= 15 is 0 Å². The summed E-state index contributed by atoms with van der Waals surface area (Å²) in [5.74, 6) is 0.290. The summed E-state index contributed by atoms with van der Waals surface area (Å²) in [6.45, 7) is 3.69. The number of nitrogens with one attached hydrogen (secondary N) is 3. The van der Waals surface area contributed by atoms with Crippen LogP contribution >= 0.6 is 0 Å². The smallest absolute Gasteiger partial charge is 0.251 e. The molecule has 0 aliphatic rings. The van der Waals surface area contributed by atoms with Crippen LogP contribution in [0.5, 0.6) is 0 Å². The van der Waals surface area contributed by atoms with E-state index in [0.29, 0.717) is 36.7 Å². The first kappa shape index (κ1) is 20.4. The van der Waals surface area contributed by atoms with Crippen molar-refractivity contribution in [1.29, 1.82) is 0 Å². The fourth-order valence-corrected chi connectivity index (χ4v) is 2.48. The molecule has 0 spiro atoms. The molecule has 0 aromatic heterocycles. The molecule has 0 radical (unpaired) electrons. The molecule has 144 valence electrons. The minimum Gasteiger partial charge on any atom is -0.352 e. The molecule has 0 aliphatic carbocycles. The van der Waals surface area contributed by atoms with Crippen LogP contribution in [0.25, 0.3) is 0 Å². The van der Waals surface area contributed by atoms with Gasteiger partial charge in [-0.15, -0.1) is 0 Å². The van der Waals surface area contributed by atoms with E-state index in [9.17, 15) is 9.18 Å². The Bertz CT molecular complexity index is 759. The number of carbonyl (C=O) groups is 1. The molecular weight excluding hydrogens is 343 g/mol. The van der Waals surface area contributed by atoms with E-state index < -0.39 is 0 Å². The lowest BCUT2D eigenvalue weighted by atomic mass is 10.1. The number of hydrogen-bond acceptors (Lipinski definition) is 2. The van der Waals surface area contributed by atoms with E-state index in [1.807, 2.05) is 24.3 Å². The molecule has 0 aliphatic heterocycles. The molecule has 0 bridgehead atoms. The van der Waals surface area contributed by atoms with E-state index in [4.69, 9.17) is 0 Å². The second-order valence-electron chi connectivity index (χ2n) is 6.18. The van der Waals surface area contributed by atoms with Crippen molar-refractivity contribution < 1.29 is 9.18 Å². The van der Waals surface area contributed by atoms with Crippen molar-refractivity contribution in [3.63, 3.8) is 0 Å². The molecule has 2 aromatic rings. The van der Waals surface area contributed by atoms with Gasteiger partial charge in [0.25, 0.3) is 5.91 Å². The zero-order chi connectivity index (χ0) is 19.5. The second-order valence-corrected chi connectivity index (χ2v) is 6.18. The van der Waals surface area contributed by atoms with Gasteiger partial charge in [0, 0.05) is 37.8 Å². The van der Waals surface area contributed by atoms with Crippen LogP contribution in [0.15, 0.2) is 53.5 Å². The van der Waals surface area contributed by atoms with E-state index in [1.165, 1.54) is 6.07 Å². The third-order valence-electron chi connectivity index (χ3n) is 4.12. The van der Waals surface area contributed by atoms with Gasteiger partial charge in [0.1, 0.15) is 5.82 Å². The minimum absolute atomic E-state index is 0.0506. The Balaban J connectivity index is 1.82. The average molecular weight is 370 g/mol. The standard InChI is InChI=1S/C21H27FN4O/c1-3-4-13-24-20(27)17-11-9-16(10-12-17)14-25-21(23-2)26-15-18-7-5-6-8-19(18)22/h5-12H,3-4,13-15H2,1-2H3,(H,24,27)(H2,23,25,26). The molecule has 2 rings (SSSR count). The van der Waals surface area contributed by atoms with Crippen molar-refractivity contribution in [1.82, 2.24) is 16.0 Å². The van der Waals surface area contributed by atoms with Crippen molar-refractivity contribution in [2.75, 3.05) is 13.6 Å². The number of guanidine groups is 1. The molecule has 6 heteroatoms. The quantitative estimate of drug-likeness (QED) is 0.380. The van der Waals surface area contributed by atoms with E-state index in [2.05, 4.69) is 27.9 Å². The average Bonchev–Trinajstić information content (AvgIpc) is 2.70. The van der Waals surface area contributed by atoms with Gasteiger partial charge in [-0.25, -0.2) is 4.39 Å². The lowest BCUT2D eigenvalue weighted by Gasteiger charge is -2.12. The van der Waals surface area contributed by atoms with Crippen molar-refractivity contribution in [2.24, 2.45) is 4.99 Å². The zero-order valence-corrected chi connectivity index (χ0v) is 15.9. The normalized spacial score (nSPS) is 11.1. The first-order chi connectivity index (χ1) is 13.1. The van der Waals surface area contributed by atoms with E-state index in [1.54, 1.807) is 25.2 Å². The molecule has 0 unspecified atom stereocenters. The number of amides is 1. The number of aliphatic imine (C=N–C) groups is 1. The topological polar surface area (TPSA) is 65.5 Å². The van der Waals surface area contributed by atoms with Crippen LogP contribution in [0.4, 0.5) is 4.39 Å². The van der Waals surface area contributed by atoms with Crippen LogP contribution in [0.2, 0.25) is 0 Å². The molecule has 1 amide bonds. The van der Waals surface area contributed by atoms with E-state index in [-0.39, 0.29) is 11.7 Å². The first-order valence-corrected chi connectivity index (χ1v) is 9.19. The van der Waals surface area contributed by atoms with Gasteiger partial charge in [0.2, 0.25) is 0 Å². The van der Waals surface area contributed by atoms with Crippen LogP contribution < -0.4 is 16.0 Å². The molecule has 0 saturated carbocycles. The second kappa shape index (κ2) is 11.0. The van der Waals surface area contributed by atoms with Crippen molar-refractivity contribution >= 4 is 11.9 Å². The molecule has 2 aromatic carbocycles. The predicted molar refractivity (Wildman–Crippen MR) is 107 cm³/mol. The predicted octanol–water partition coefficient (Wildman–Crippen LogP) is 3.22. The van der Waals surface area contributed by atoms with Gasteiger partial charge >= 0.3 is 0 Å². The Morgan fingerprint density at radius 1 is 1.00 bits per heavy atom. The summed E-state index contributed by atoms with van der Waals surface area (Å²) >= 11 is 0. The largest absolute Gasteiger partial charge is 0.352 e. The number of unbranched alkanes of at least 4 members (excludes halogenated alkanes) is 1. The molecule has 3 N–H and O–H groups in total. The van der Waals surface area contributed by atoms with Crippen molar-refractivity contribution in [3.05, 3.63) is 71.0 Å². The highest BCUT2D eigenvalue weighted by Crippen LogP contribution is 2.06. The summed E-state index contributed by atoms with van der Waals surface area (Å²) in [6.07, 6.45) is 2.03. The third kappa shape index (κ3) is 6.73. The summed E-state index contributed by atoms with van der Waals surface area (Å²) in [5, 5.41) is 9.17. The number of carbonyl (C=O) groups excluding carboxylic acids is 1. The van der Waals surface area contributed by atoms with Crippen LogP contribution in [-0.4, -0.2) is 25.5 Å². The van der Waals surface area contributed by atoms with Gasteiger partial charge < -0.3 is 16.0 Å². The Hall–Kier alpha value is -2.89. The van der Waals surface area contributed by atoms with Gasteiger partial charge in [-0.2, -0.15) is 0 Å². The Labute approximate surface area is 160 Å². The molecule has 0 heterocycles. The highest BCUT2D eigenvalue weighted by atomic mass is 19.1. The maximum Gasteiger partial charge on any atom is 0.251 e. The monoisotopic (exact) mass is 370 g/mol. The molecule has 0 fully saturated rings. The van der Waals surface area contributed by atoms with E-state index in [0.717, 1.165) is 18.4 Å². The number of halogens is 1. The lowest BCUT2D eigenvalue weighted by Crippen LogP contribution is -2.36. The van der Waals surface area contributed by atoms with Crippen LogP contribution in [0.1, 0.15) is 41.3 Å². The summed E-state index contributed by atoms with van der Waals surface area (Å²) in [4.78, 5) is 16.1. The maximum absolute atomic E-state index is 13.7. The maximum atomic E-state index is 13.7. The summed E-state index contributed by atoms with van der Waals surface area (Å²) in [6, 6.07) is 14.1. The van der Waals surface area contributed by atoms with Gasteiger partial charge in [-0.1, -0.05) is 43.7 Å². The zero-order valence-electron chi connectivity index (χ0n) is 15.9. The number of hydrogen-bond donors (Lipinski definition) is 3. The SMILES string of the molecule is CCCCNC(=O)c1ccc(CNC(=NC)NCc2ccccc2F)cc1. The van der Waals surface area contributed by atoms with Gasteiger partial charge in [-0.05, 0) is 30.2 Å². The fourth-order valence-electron chi connectivity index (χ4n) is 2.48. The number of nitrogens with zero attached hydrogens (tertiary/aromatic N) is 1. The fraction of sp³-hybridized carbons (Fsp3) is 0.333. The summed E-state index contributed by atoms with van der Waals surface area (Å²) in [7, 11) is 1.67. The van der Waals surface area contributed by atoms with Gasteiger partial charge in [-0.3, -0.25) is 9.79 Å². The Morgan fingerprint density at radius 3 is 2.37 bits per heavy atom. The molecule has 5 nitrogen and oxygen atoms in total. The van der Waals surface area contributed by atoms with Crippen molar-refractivity contribution in [2.45, 2.75) is 32.9 Å². The molecular formula is C21H27FN4O. The van der Waals surface area contributed by atoms with Gasteiger partial charge in [0.05, 0.1) is 0 Å². The summed E-state index contributed by atoms with van der Waals surface area (Å²) in [5.41, 5.74) is 2.25. The first-order valence-electron chi connectivity index (χ1n) is 9.19.